The average molecular weight is 358 g/mol. The Hall–Kier alpha value is -2.83. The molecule has 26 heavy (non-hydrogen) atoms. The second-order valence-electron chi connectivity index (χ2n) is 6.42. The van der Waals surface area contributed by atoms with Crippen LogP contribution in [0.4, 0.5) is 0 Å². The Morgan fingerprint density at radius 1 is 1.31 bits per heavy atom. The standard InChI is InChI=1S/C19H22N2O5/c1-3-4-8-20-9-7-13-14-10-12(19(24)25)5-6-15(14)21(11-16(22)26-2)17(13)18(20)23/h5-6,10H,3-4,7-9,11H2,1-2H3,(H,24,25). The van der Waals surface area contributed by atoms with Crippen LogP contribution < -0.4 is 0 Å². The summed E-state index contributed by atoms with van der Waals surface area (Å²) in [6.45, 7) is 3.26. The monoisotopic (exact) mass is 358 g/mol. The molecule has 0 unspecified atom stereocenters. The van der Waals surface area contributed by atoms with Crippen molar-refractivity contribution in [1.29, 1.82) is 0 Å². The Labute approximate surface area is 151 Å². The van der Waals surface area contributed by atoms with Crippen LogP contribution in [0, 0.1) is 0 Å². The van der Waals surface area contributed by atoms with Gasteiger partial charge in [0.15, 0.2) is 0 Å². The summed E-state index contributed by atoms with van der Waals surface area (Å²) in [5.41, 5.74) is 2.12. The van der Waals surface area contributed by atoms with Gasteiger partial charge in [-0.3, -0.25) is 9.59 Å². The molecule has 3 rings (SSSR count). The minimum absolute atomic E-state index is 0.0812. The Morgan fingerprint density at radius 3 is 2.73 bits per heavy atom. The molecule has 2 heterocycles. The van der Waals surface area contributed by atoms with Crippen molar-refractivity contribution in [2.45, 2.75) is 32.7 Å². The third-order valence-corrected chi connectivity index (χ3v) is 4.83. The predicted octanol–water partition coefficient (Wildman–Crippen LogP) is 2.31. The van der Waals surface area contributed by atoms with Gasteiger partial charge in [0.1, 0.15) is 12.2 Å². The number of aromatic carboxylic acids is 1. The number of carboxylic acid groups (broad SMARTS) is 1. The summed E-state index contributed by atoms with van der Waals surface area (Å²) in [4.78, 5) is 38.0. The number of amides is 1. The highest BCUT2D eigenvalue weighted by Gasteiger charge is 2.31. The molecule has 2 aromatic rings. The Morgan fingerprint density at radius 2 is 2.08 bits per heavy atom. The molecule has 1 aromatic carbocycles. The van der Waals surface area contributed by atoms with Crippen LogP contribution in [0.2, 0.25) is 0 Å². The molecule has 0 saturated heterocycles. The summed E-state index contributed by atoms with van der Waals surface area (Å²) in [5.74, 6) is -1.59. The topological polar surface area (TPSA) is 88.8 Å². The van der Waals surface area contributed by atoms with Gasteiger partial charge in [-0.2, -0.15) is 0 Å². The number of fused-ring (bicyclic) bond motifs is 3. The molecule has 0 aliphatic carbocycles. The molecule has 1 aliphatic heterocycles. The number of rotatable bonds is 6. The Balaban J connectivity index is 2.16. The quantitative estimate of drug-likeness (QED) is 0.801. The number of ether oxygens (including phenoxy) is 1. The molecule has 1 aromatic heterocycles. The number of hydrogen-bond donors (Lipinski definition) is 1. The van der Waals surface area contributed by atoms with Gasteiger partial charge in [-0.15, -0.1) is 0 Å². The molecule has 0 atom stereocenters. The van der Waals surface area contributed by atoms with E-state index in [1.807, 2.05) is 0 Å². The first kappa shape index (κ1) is 18.0. The maximum Gasteiger partial charge on any atom is 0.335 e. The van der Waals surface area contributed by atoms with Crippen LogP contribution in [0.1, 0.15) is 46.2 Å². The molecule has 0 spiro atoms. The zero-order valence-corrected chi connectivity index (χ0v) is 14.9. The van der Waals surface area contributed by atoms with Crippen LogP contribution in [-0.4, -0.2) is 52.6 Å². The molecule has 1 N–H and O–H groups in total. The third kappa shape index (κ3) is 3.05. The molecule has 7 nitrogen and oxygen atoms in total. The van der Waals surface area contributed by atoms with E-state index in [4.69, 9.17) is 4.74 Å². The summed E-state index contributed by atoms with van der Waals surface area (Å²) in [6.07, 6.45) is 2.55. The summed E-state index contributed by atoms with van der Waals surface area (Å²) in [5, 5.41) is 9.99. The molecule has 0 bridgehead atoms. The minimum atomic E-state index is -1.02. The molecule has 7 heteroatoms. The van der Waals surface area contributed by atoms with Crippen molar-refractivity contribution in [2.75, 3.05) is 20.2 Å². The highest BCUT2D eigenvalue weighted by atomic mass is 16.5. The van der Waals surface area contributed by atoms with E-state index in [1.165, 1.54) is 13.2 Å². The lowest BCUT2D eigenvalue weighted by Gasteiger charge is -2.28. The summed E-state index contributed by atoms with van der Waals surface area (Å²) >= 11 is 0. The molecule has 1 amide bonds. The molecule has 1 aliphatic rings. The predicted molar refractivity (Wildman–Crippen MR) is 95.4 cm³/mol. The average Bonchev–Trinajstić information content (AvgIpc) is 2.94. The Kier molecular flexibility index (Phi) is 4.97. The maximum absolute atomic E-state index is 13.0. The minimum Gasteiger partial charge on any atom is -0.478 e. The number of methoxy groups -OCH3 is 1. The van der Waals surface area contributed by atoms with Gasteiger partial charge in [0.2, 0.25) is 0 Å². The second kappa shape index (κ2) is 7.19. The van der Waals surface area contributed by atoms with Crippen LogP contribution >= 0.6 is 0 Å². The highest BCUT2D eigenvalue weighted by molar-refractivity contribution is 6.05. The van der Waals surface area contributed by atoms with E-state index in [0.717, 1.165) is 18.4 Å². The summed E-state index contributed by atoms with van der Waals surface area (Å²) in [7, 11) is 1.30. The van der Waals surface area contributed by atoms with Crippen molar-refractivity contribution in [1.82, 2.24) is 9.47 Å². The van der Waals surface area contributed by atoms with E-state index in [1.54, 1.807) is 21.6 Å². The number of benzene rings is 1. The maximum atomic E-state index is 13.0. The molecule has 0 fully saturated rings. The van der Waals surface area contributed by atoms with Crippen molar-refractivity contribution in [3.05, 3.63) is 35.0 Å². The van der Waals surface area contributed by atoms with Gasteiger partial charge in [-0.05, 0) is 36.6 Å². The van der Waals surface area contributed by atoms with Gasteiger partial charge in [-0.25, -0.2) is 4.79 Å². The number of esters is 1. The Bertz CT molecular complexity index is 884. The number of nitrogens with zero attached hydrogens (tertiary/aromatic N) is 2. The molecule has 138 valence electrons. The fraction of sp³-hybridized carbons (Fsp3) is 0.421. The van der Waals surface area contributed by atoms with Crippen molar-refractivity contribution in [3.63, 3.8) is 0 Å². The van der Waals surface area contributed by atoms with Gasteiger partial charge < -0.3 is 19.3 Å². The fourth-order valence-corrected chi connectivity index (χ4v) is 3.47. The number of aromatic nitrogens is 1. The van der Waals surface area contributed by atoms with Crippen LogP contribution in [0.3, 0.4) is 0 Å². The first-order chi connectivity index (χ1) is 12.5. The lowest BCUT2D eigenvalue weighted by Crippen LogP contribution is -2.39. The first-order valence-electron chi connectivity index (χ1n) is 8.72. The number of hydrogen-bond acceptors (Lipinski definition) is 4. The number of unbranched alkanes of at least 4 members (excludes halogenated alkanes) is 1. The molecular weight excluding hydrogens is 336 g/mol. The fourth-order valence-electron chi connectivity index (χ4n) is 3.47. The van der Waals surface area contributed by atoms with E-state index in [0.29, 0.717) is 36.1 Å². The number of carbonyl (C=O) groups is 3. The normalized spacial score (nSPS) is 13.8. The zero-order valence-electron chi connectivity index (χ0n) is 14.9. The largest absolute Gasteiger partial charge is 0.478 e. The SMILES string of the molecule is CCCCN1CCc2c(n(CC(=O)OC)c3ccc(C(=O)O)cc23)C1=O. The van der Waals surface area contributed by atoms with Gasteiger partial charge in [0.05, 0.1) is 12.7 Å². The van der Waals surface area contributed by atoms with Crippen molar-refractivity contribution in [2.24, 2.45) is 0 Å². The lowest BCUT2D eigenvalue weighted by molar-refractivity contribution is -0.141. The van der Waals surface area contributed by atoms with Crippen molar-refractivity contribution >= 4 is 28.7 Å². The van der Waals surface area contributed by atoms with Crippen molar-refractivity contribution in [3.8, 4) is 0 Å². The van der Waals surface area contributed by atoms with Crippen LogP contribution in [0.25, 0.3) is 10.9 Å². The lowest BCUT2D eigenvalue weighted by atomic mass is 10.0. The highest BCUT2D eigenvalue weighted by Crippen LogP contribution is 2.32. The molecular formula is C19H22N2O5. The number of carbonyl (C=O) groups excluding carboxylic acids is 2. The smallest absolute Gasteiger partial charge is 0.335 e. The van der Waals surface area contributed by atoms with Gasteiger partial charge >= 0.3 is 11.9 Å². The first-order valence-corrected chi connectivity index (χ1v) is 8.72. The summed E-state index contributed by atoms with van der Waals surface area (Å²) < 4.78 is 6.43. The van der Waals surface area contributed by atoms with Gasteiger partial charge in [0.25, 0.3) is 5.91 Å². The van der Waals surface area contributed by atoms with Gasteiger partial charge in [-0.1, -0.05) is 13.3 Å². The van der Waals surface area contributed by atoms with E-state index < -0.39 is 11.9 Å². The van der Waals surface area contributed by atoms with Crippen LogP contribution in [-0.2, 0) is 22.5 Å². The van der Waals surface area contributed by atoms with E-state index >= 15 is 0 Å². The third-order valence-electron chi connectivity index (χ3n) is 4.83. The zero-order chi connectivity index (χ0) is 18.8. The van der Waals surface area contributed by atoms with E-state index in [-0.39, 0.29) is 18.0 Å². The second-order valence-corrected chi connectivity index (χ2v) is 6.42. The van der Waals surface area contributed by atoms with Crippen LogP contribution in [0.5, 0.6) is 0 Å². The molecule has 0 saturated carbocycles. The molecule has 0 radical (unpaired) electrons. The van der Waals surface area contributed by atoms with E-state index in [9.17, 15) is 19.5 Å². The van der Waals surface area contributed by atoms with Crippen LogP contribution in [0.15, 0.2) is 18.2 Å². The van der Waals surface area contributed by atoms with Crippen molar-refractivity contribution < 1.29 is 24.2 Å². The van der Waals surface area contributed by atoms with E-state index in [2.05, 4.69) is 6.92 Å². The van der Waals surface area contributed by atoms with Gasteiger partial charge in [0, 0.05) is 24.0 Å². The number of carboxylic acids is 1. The summed E-state index contributed by atoms with van der Waals surface area (Å²) in [6, 6.07) is 4.73.